The summed E-state index contributed by atoms with van der Waals surface area (Å²) in [6, 6.07) is 28.4. The van der Waals surface area contributed by atoms with Crippen LogP contribution in [0.4, 0.5) is 5.69 Å². The van der Waals surface area contributed by atoms with Crippen molar-refractivity contribution in [2.24, 2.45) is 0 Å². The molecule has 0 aliphatic carbocycles. The van der Waals surface area contributed by atoms with Crippen molar-refractivity contribution in [3.8, 4) is 10.6 Å². The Balaban J connectivity index is 1.42. The second-order valence-electron chi connectivity index (χ2n) is 7.63. The number of carbonyl (C=O) groups excluding carboxylic acids is 1. The van der Waals surface area contributed by atoms with Crippen molar-refractivity contribution >= 4 is 54.9 Å². The van der Waals surface area contributed by atoms with Gasteiger partial charge in [0.15, 0.2) is 0 Å². The third-order valence-corrected chi connectivity index (χ3v) is 6.66. The lowest BCUT2D eigenvalue weighted by Crippen LogP contribution is -2.21. The fourth-order valence-corrected chi connectivity index (χ4v) is 4.99. The SMILES string of the molecule is O=C(Nc1ccccc1-c1nc2ccccc2s1)c1cc2c(ccc3ccccc32)oc1=O. The summed E-state index contributed by atoms with van der Waals surface area (Å²) in [6.45, 7) is 0. The van der Waals surface area contributed by atoms with E-state index in [-0.39, 0.29) is 5.56 Å². The van der Waals surface area contributed by atoms with Gasteiger partial charge in [0.2, 0.25) is 0 Å². The maximum Gasteiger partial charge on any atom is 0.349 e. The summed E-state index contributed by atoms with van der Waals surface area (Å²) >= 11 is 1.55. The molecule has 0 saturated heterocycles. The topological polar surface area (TPSA) is 72.2 Å². The van der Waals surface area contributed by atoms with Crippen molar-refractivity contribution in [3.05, 3.63) is 107 Å². The van der Waals surface area contributed by atoms with Crippen molar-refractivity contribution < 1.29 is 9.21 Å². The summed E-state index contributed by atoms with van der Waals surface area (Å²) in [6.07, 6.45) is 0. The van der Waals surface area contributed by atoms with Gasteiger partial charge in [0.25, 0.3) is 5.91 Å². The normalized spacial score (nSPS) is 11.3. The van der Waals surface area contributed by atoms with Crippen molar-refractivity contribution in [1.82, 2.24) is 4.98 Å². The fourth-order valence-electron chi connectivity index (χ4n) is 3.99. The van der Waals surface area contributed by atoms with Gasteiger partial charge < -0.3 is 9.73 Å². The van der Waals surface area contributed by atoms with Crippen molar-refractivity contribution in [1.29, 1.82) is 0 Å². The van der Waals surface area contributed by atoms with E-state index < -0.39 is 11.5 Å². The van der Waals surface area contributed by atoms with Gasteiger partial charge in [-0.25, -0.2) is 9.78 Å². The highest BCUT2D eigenvalue weighted by atomic mass is 32.1. The standard InChI is InChI=1S/C27H16N2O3S/c30-25(20-15-19-17-8-2-1-7-16(17)13-14-23(19)32-27(20)31)28-21-10-4-3-9-18(21)26-29-22-11-5-6-12-24(22)33-26/h1-15H,(H,28,30). The number of hydrogen-bond acceptors (Lipinski definition) is 5. The molecule has 0 fully saturated rings. The average molecular weight is 449 g/mol. The zero-order valence-corrected chi connectivity index (χ0v) is 18.1. The number of carbonyl (C=O) groups is 1. The van der Waals surface area contributed by atoms with E-state index in [1.54, 1.807) is 29.5 Å². The van der Waals surface area contributed by atoms with Gasteiger partial charge in [0.05, 0.1) is 15.9 Å². The Labute approximate surface area is 191 Å². The van der Waals surface area contributed by atoms with Crippen LogP contribution in [-0.4, -0.2) is 10.9 Å². The number of aromatic nitrogens is 1. The summed E-state index contributed by atoms with van der Waals surface area (Å²) in [4.78, 5) is 30.5. The first-order valence-electron chi connectivity index (χ1n) is 10.4. The number of rotatable bonds is 3. The Kier molecular flexibility index (Phi) is 4.52. The molecule has 4 aromatic carbocycles. The van der Waals surface area contributed by atoms with E-state index in [0.717, 1.165) is 36.9 Å². The minimum atomic E-state index is -0.673. The Hall–Kier alpha value is -4.29. The van der Waals surface area contributed by atoms with Gasteiger partial charge in [-0.2, -0.15) is 0 Å². The van der Waals surface area contributed by atoms with E-state index in [1.807, 2.05) is 72.8 Å². The first kappa shape index (κ1) is 19.4. The third kappa shape index (κ3) is 3.37. The van der Waals surface area contributed by atoms with E-state index >= 15 is 0 Å². The van der Waals surface area contributed by atoms with Crippen LogP contribution >= 0.6 is 11.3 Å². The van der Waals surface area contributed by atoms with Gasteiger partial charge in [-0.3, -0.25) is 4.79 Å². The summed E-state index contributed by atoms with van der Waals surface area (Å²) in [5.41, 5.74) is 2.01. The molecule has 0 spiro atoms. The molecule has 0 aliphatic rings. The number of nitrogens with zero attached hydrogens (tertiary/aromatic N) is 1. The highest BCUT2D eigenvalue weighted by molar-refractivity contribution is 7.21. The first-order chi connectivity index (χ1) is 16.2. The molecule has 2 aromatic heterocycles. The summed E-state index contributed by atoms with van der Waals surface area (Å²) in [7, 11) is 0. The molecule has 2 heterocycles. The molecule has 33 heavy (non-hydrogen) atoms. The summed E-state index contributed by atoms with van der Waals surface area (Å²) < 4.78 is 6.55. The van der Waals surface area contributed by atoms with Crippen LogP contribution in [0.3, 0.4) is 0 Å². The predicted molar refractivity (Wildman–Crippen MR) is 133 cm³/mol. The van der Waals surface area contributed by atoms with Crippen LogP contribution in [-0.2, 0) is 0 Å². The number of fused-ring (bicyclic) bond motifs is 4. The molecule has 0 saturated carbocycles. The minimum Gasteiger partial charge on any atom is -0.422 e. The number of anilines is 1. The number of nitrogens with one attached hydrogen (secondary N) is 1. The lowest BCUT2D eigenvalue weighted by Gasteiger charge is -2.10. The van der Waals surface area contributed by atoms with E-state index in [1.165, 1.54) is 0 Å². The van der Waals surface area contributed by atoms with Crippen molar-refractivity contribution in [2.75, 3.05) is 5.32 Å². The lowest BCUT2D eigenvalue weighted by atomic mass is 10.0. The molecule has 1 N–H and O–H groups in total. The van der Waals surface area contributed by atoms with Crippen molar-refractivity contribution in [3.63, 3.8) is 0 Å². The second-order valence-corrected chi connectivity index (χ2v) is 8.66. The molecule has 6 aromatic rings. The van der Waals surface area contributed by atoms with E-state index in [4.69, 9.17) is 9.40 Å². The smallest absolute Gasteiger partial charge is 0.349 e. The van der Waals surface area contributed by atoms with Crippen molar-refractivity contribution in [2.45, 2.75) is 0 Å². The Morgan fingerprint density at radius 2 is 1.64 bits per heavy atom. The van der Waals surface area contributed by atoms with Gasteiger partial charge >= 0.3 is 5.63 Å². The first-order valence-corrected chi connectivity index (χ1v) is 11.2. The molecule has 0 radical (unpaired) electrons. The zero-order chi connectivity index (χ0) is 22.4. The van der Waals surface area contributed by atoms with Gasteiger partial charge in [0, 0.05) is 10.9 Å². The average Bonchev–Trinajstić information content (AvgIpc) is 3.28. The van der Waals surface area contributed by atoms with E-state index in [9.17, 15) is 9.59 Å². The van der Waals surface area contributed by atoms with Crippen LogP contribution in [0.5, 0.6) is 0 Å². The molecule has 6 rings (SSSR count). The van der Waals surface area contributed by atoms with E-state index in [2.05, 4.69) is 5.32 Å². The van der Waals surface area contributed by atoms with Gasteiger partial charge in [-0.05, 0) is 47.2 Å². The van der Waals surface area contributed by atoms with Crippen LogP contribution in [0.2, 0.25) is 0 Å². The Morgan fingerprint density at radius 1 is 0.848 bits per heavy atom. The quantitative estimate of drug-likeness (QED) is 0.249. The zero-order valence-electron chi connectivity index (χ0n) is 17.2. The minimum absolute atomic E-state index is 0.0436. The summed E-state index contributed by atoms with van der Waals surface area (Å²) in [5, 5.41) is 6.33. The van der Waals surface area contributed by atoms with Gasteiger partial charge in [-0.15, -0.1) is 11.3 Å². The number of para-hydroxylation sites is 2. The molecule has 0 atom stereocenters. The Bertz CT molecular complexity index is 1720. The molecular formula is C27H16N2O3S. The molecule has 158 valence electrons. The van der Waals surface area contributed by atoms with Gasteiger partial charge in [0.1, 0.15) is 16.2 Å². The van der Waals surface area contributed by atoms with E-state index in [0.29, 0.717) is 11.3 Å². The summed E-state index contributed by atoms with van der Waals surface area (Å²) in [5.74, 6) is -0.521. The molecular weight excluding hydrogens is 432 g/mol. The van der Waals surface area contributed by atoms with Crippen LogP contribution in [0, 0.1) is 0 Å². The lowest BCUT2D eigenvalue weighted by molar-refractivity contribution is 0.102. The Morgan fingerprint density at radius 3 is 2.55 bits per heavy atom. The number of amides is 1. The molecule has 0 unspecified atom stereocenters. The monoisotopic (exact) mass is 448 g/mol. The van der Waals surface area contributed by atoms with Gasteiger partial charge in [-0.1, -0.05) is 54.6 Å². The molecule has 1 amide bonds. The number of benzene rings is 4. The number of thiazole rings is 1. The predicted octanol–water partition coefficient (Wildman–Crippen LogP) is 6.48. The highest BCUT2D eigenvalue weighted by Gasteiger charge is 2.18. The second kappa shape index (κ2) is 7.69. The molecule has 5 nitrogen and oxygen atoms in total. The molecule has 0 aliphatic heterocycles. The molecule has 0 bridgehead atoms. The fraction of sp³-hybridized carbons (Fsp3) is 0. The van der Waals surface area contributed by atoms with Crippen LogP contribution < -0.4 is 10.9 Å². The highest BCUT2D eigenvalue weighted by Crippen LogP contribution is 2.34. The largest absolute Gasteiger partial charge is 0.422 e. The maximum atomic E-state index is 13.2. The maximum absolute atomic E-state index is 13.2. The number of hydrogen-bond donors (Lipinski definition) is 1. The van der Waals surface area contributed by atoms with Crippen LogP contribution in [0.25, 0.3) is 42.5 Å². The van der Waals surface area contributed by atoms with Crippen LogP contribution in [0.1, 0.15) is 10.4 Å². The molecule has 6 heteroatoms. The van der Waals surface area contributed by atoms with Crippen LogP contribution in [0.15, 0.2) is 100 Å². The third-order valence-electron chi connectivity index (χ3n) is 5.59.